The standard InChI is InChI=1S/C12H17NO4/c14-12(15)10-4-11(17-7-10)8-16-6-9-2-1-3-13-5-9/h4,7,9,13H,1-3,5-6,8H2,(H,14,15). The van der Waals surface area contributed by atoms with Crippen LogP contribution < -0.4 is 5.32 Å². The van der Waals surface area contributed by atoms with Gasteiger partial charge in [0.25, 0.3) is 0 Å². The Bertz CT molecular complexity index is 368. The van der Waals surface area contributed by atoms with Crippen molar-refractivity contribution in [2.75, 3.05) is 19.7 Å². The molecule has 1 saturated heterocycles. The molecule has 2 heterocycles. The average Bonchev–Trinajstić information content (AvgIpc) is 2.79. The summed E-state index contributed by atoms with van der Waals surface area (Å²) < 4.78 is 10.6. The minimum absolute atomic E-state index is 0.169. The molecule has 5 heteroatoms. The van der Waals surface area contributed by atoms with E-state index in [0.717, 1.165) is 13.1 Å². The molecule has 0 aromatic carbocycles. The zero-order valence-electron chi connectivity index (χ0n) is 9.65. The second-order valence-electron chi connectivity index (χ2n) is 4.33. The molecule has 0 bridgehead atoms. The molecule has 5 nitrogen and oxygen atoms in total. The molecule has 2 rings (SSSR count). The minimum Gasteiger partial charge on any atom is -0.478 e. The van der Waals surface area contributed by atoms with Crippen molar-refractivity contribution in [3.05, 3.63) is 23.7 Å². The van der Waals surface area contributed by atoms with Gasteiger partial charge in [0.05, 0.1) is 12.2 Å². The Morgan fingerprint density at radius 1 is 1.65 bits per heavy atom. The molecule has 1 aliphatic rings. The highest BCUT2D eigenvalue weighted by molar-refractivity contribution is 5.87. The highest BCUT2D eigenvalue weighted by Crippen LogP contribution is 2.13. The van der Waals surface area contributed by atoms with Crippen molar-refractivity contribution < 1.29 is 19.1 Å². The van der Waals surface area contributed by atoms with Crippen molar-refractivity contribution in [1.29, 1.82) is 0 Å². The fourth-order valence-electron chi connectivity index (χ4n) is 1.96. The van der Waals surface area contributed by atoms with Crippen molar-refractivity contribution >= 4 is 5.97 Å². The number of aromatic carboxylic acids is 1. The van der Waals surface area contributed by atoms with Gasteiger partial charge >= 0.3 is 5.97 Å². The monoisotopic (exact) mass is 239 g/mol. The Balaban J connectivity index is 1.71. The molecule has 1 atom stereocenters. The molecule has 2 N–H and O–H groups in total. The maximum Gasteiger partial charge on any atom is 0.338 e. The number of nitrogens with one attached hydrogen (secondary N) is 1. The number of furan rings is 1. The largest absolute Gasteiger partial charge is 0.478 e. The molecule has 0 amide bonds. The summed E-state index contributed by atoms with van der Waals surface area (Å²) in [6.45, 7) is 3.12. The fourth-order valence-corrected chi connectivity index (χ4v) is 1.96. The highest BCUT2D eigenvalue weighted by Gasteiger charge is 2.13. The number of hydrogen-bond acceptors (Lipinski definition) is 4. The lowest BCUT2D eigenvalue weighted by Gasteiger charge is -2.22. The molecular weight excluding hydrogens is 222 g/mol. The predicted octanol–water partition coefficient (Wildman–Crippen LogP) is 1.49. The molecular formula is C12H17NO4. The third-order valence-corrected chi connectivity index (χ3v) is 2.90. The van der Waals surface area contributed by atoms with Crippen LogP contribution in [0.1, 0.15) is 29.0 Å². The van der Waals surface area contributed by atoms with Crippen LogP contribution in [-0.2, 0) is 11.3 Å². The lowest BCUT2D eigenvalue weighted by Crippen LogP contribution is -2.32. The van der Waals surface area contributed by atoms with Gasteiger partial charge in [-0.05, 0) is 31.4 Å². The van der Waals surface area contributed by atoms with Crippen molar-refractivity contribution in [3.8, 4) is 0 Å². The second-order valence-corrected chi connectivity index (χ2v) is 4.33. The van der Waals surface area contributed by atoms with E-state index < -0.39 is 5.97 Å². The number of ether oxygens (including phenoxy) is 1. The van der Waals surface area contributed by atoms with E-state index in [2.05, 4.69) is 5.32 Å². The van der Waals surface area contributed by atoms with E-state index in [1.54, 1.807) is 0 Å². The molecule has 1 aromatic heterocycles. The van der Waals surface area contributed by atoms with Gasteiger partial charge in [0, 0.05) is 6.54 Å². The van der Waals surface area contributed by atoms with E-state index in [1.807, 2.05) is 0 Å². The quantitative estimate of drug-likeness (QED) is 0.814. The Morgan fingerprint density at radius 3 is 3.18 bits per heavy atom. The summed E-state index contributed by atoms with van der Waals surface area (Å²) in [5.74, 6) is 0.139. The summed E-state index contributed by atoms with van der Waals surface area (Å²) >= 11 is 0. The van der Waals surface area contributed by atoms with E-state index in [4.69, 9.17) is 14.3 Å². The van der Waals surface area contributed by atoms with Crippen LogP contribution in [0.4, 0.5) is 0 Å². The van der Waals surface area contributed by atoms with Crippen LogP contribution in [0.3, 0.4) is 0 Å². The average molecular weight is 239 g/mol. The van der Waals surface area contributed by atoms with Crippen molar-refractivity contribution in [2.45, 2.75) is 19.4 Å². The van der Waals surface area contributed by atoms with Crippen LogP contribution >= 0.6 is 0 Å². The number of carboxylic acid groups (broad SMARTS) is 1. The first-order valence-electron chi connectivity index (χ1n) is 5.85. The number of carbonyl (C=O) groups is 1. The van der Waals surface area contributed by atoms with Crippen molar-refractivity contribution in [3.63, 3.8) is 0 Å². The first-order chi connectivity index (χ1) is 8.25. The molecule has 17 heavy (non-hydrogen) atoms. The Morgan fingerprint density at radius 2 is 2.53 bits per heavy atom. The molecule has 0 radical (unpaired) electrons. The number of rotatable bonds is 5. The second kappa shape index (κ2) is 5.84. The van der Waals surface area contributed by atoms with Gasteiger partial charge in [0.15, 0.2) is 0 Å². The van der Waals surface area contributed by atoms with Gasteiger partial charge in [-0.25, -0.2) is 4.79 Å². The number of hydrogen-bond donors (Lipinski definition) is 2. The van der Waals surface area contributed by atoms with Gasteiger partial charge in [0.2, 0.25) is 0 Å². The molecule has 1 aromatic rings. The first-order valence-corrected chi connectivity index (χ1v) is 5.85. The lowest BCUT2D eigenvalue weighted by molar-refractivity contribution is 0.0677. The molecule has 0 aliphatic carbocycles. The topological polar surface area (TPSA) is 71.7 Å². The highest BCUT2D eigenvalue weighted by atomic mass is 16.5. The number of carboxylic acids is 1. The predicted molar refractivity (Wildman–Crippen MR) is 60.9 cm³/mol. The molecule has 94 valence electrons. The van der Waals surface area contributed by atoms with Crippen molar-refractivity contribution in [1.82, 2.24) is 5.32 Å². The van der Waals surface area contributed by atoms with Crippen LogP contribution in [0.5, 0.6) is 0 Å². The van der Waals surface area contributed by atoms with Crippen LogP contribution in [0.15, 0.2) is 16.7 Å². The maximum absolute atomic E-state index is 10.6. The van der Waals surface area contributed by atoms with Crippen LogP contribution in [-0.4, -0.2) is 30.8 Å². The summed E-state index contributed by atoms with van der Waals surface area (Å²) in [5.41, 5.74) is 0.169. The molecule has 1 unspecified atom stereocenters. The zero-order valence-corrected chi connectivity index (χ0v) is 9.65. The Hall–Kier alpha value is -1.33. The minimum atomic E-state index is -0.975. The van der Waals surface area contributed by atoms with E-state index in [1.165, 1.54) is 25.2 Å². The third kappa shape index (κ3) is 3.57. The smallest absolute Gasteiger partial charge is 0.338 e. The van der Waals surface area contributed by atoms with Crippen LogP contribution in [0.25, 0.3) is 0 Å². The zero-order chi connectivity index (χ0) is 12.1. The van der Waals surface area contributed by atoms with E-state index in [-0.39, 0.29) is 5.56 Å². The Kier molecular flexibility index (Phi) is 4.17. The normalized spacial score (nSPS) is 20.4. The molecule has 1 fully saturated rings. The van der Waals surface area contributed by atoms with E-state index in [0.29, 0.717) is 24.9 Å². The van der Waals surface area contributed by atoms with E-state index >= 15 is 0 Å². The van der Waals surface area contributed by atoms with Gasteiger partial charge < -0.3 is 19.6 Å². The summed E-state index contributed by atoms with van der Waals surface area (Å²) in [7, 11) is 0. The van der Waals surface area contributed by atoms with Gasteiger partial charge in [-0.1, -0.05) is 0 Å². The third-order valence-electron chi connectivity index (χ3n) is 2.90. The summed E-state index contributed by atoms with van der Waals surface area (Å²) in [5, 5.41) is 12.0. The maximum atomic E-state index is 10.6. The van der Waals surface area contributed by atoms with Crippen LogP contribution in [0, 0.1) is 5.92 Å². The van der Waals surface area contributed by atoms with Gasteiger partial charge in [0.1, 0.15) is 18.6 Å². The van der Waals surface area contributed by atoms with Crippen molar-refractivity contribution in [2.24, 2.45) is 5.92 Å². The summed E-state index contributed by atoms with van der Waals surface area (Å²) in [4.78, 5) is 10.6. The van der Waals surface area contributed by atoms with Gasteiger partial charge in [-0.2, -0.15) is 0 Å². The molecule has 0 saturated carbocycles. The summed E-state index contributed by atoms with van der Waals surface area (Å²) in [6, 6.07) is 1.50. The van der Waals surface area contributed by atoms with Gasteiger partial charge in [-0.3, -0.25) is 0 Å². The van der Waals surface area contributed by atoms with E-state index in [9.17, 15) is 4.79 Å². The SMILES string of the molecule is O=C(O)c1coc(COCC2CCCNC2)c1. The van der Waals surface area contributed by atoms with Gasteiger partial charge in [-0.15, -0.1) is 0 Å². The summed E-state index contributed by atoms with van der Waals surface area (Å²) in [6.07, 6.45) is 3.62. The first kappa shape index (κ1) is 12.1. The van der Waals surface area contributed by atoms with Crippen LogP contribution in [0.2, 0.25) is 0 Å². The number of piperidine rings is 1. The lowest BCUT2D eigenvalue weighted by atomic mass is 10.0. The molecule has 0 spiro atoms. The fraction of sp³-hybridized carbons (Fsp3) is 0.583. The Labute approximate surface area is 99.8 Å². The molecule has 1 aliphatic heterocycles.